The molecule has 0 saturated heterocycles. The number of nitrogens with one attached hydrogen (secondary N) is 2. The van der Waals surface area contributed by atoms with Crippen molar-refractivity contribution in [3.63, 3.8) is 0 Å². The van der Waals surface area contributed by atoms with Crippen LogP contribution in [0.1, 0.15) is 42.9 Å². The number of carbonyl (C=O) groups is 1. The number of hydrogen-bond acceptors (Lipinski definition) is 3. The molecule has 0 radical (unpaired) electrons. The number of nitrogens with two attached hydrogens (primary N) is 1. The van der Waals surface area contributed by atoms with E-state index in [1.165, 1.54) is 0 Å². The second-order valence-electron chi connectivity index (χ2n) is 7.95. The first-order valence-electron chi connectivity index (χ1n) is 9.91. The zero-order valence-electron chi connectivity index (χ0n) is 16.6. The number of carbonyl (C=O) groups excluding carboxylic acids is 1. The van der Waals surface area contributed by atoms with Crippen LogP contribution in [-0.4, -0.2) is 15.5 Å². The van der Waals surface area contributed by atoms with Gasteiger partial charge in [-0.05, 0) is 90.9 Å². The Labute approximate surface area is 177 Å². The highest BCUT2D eigenvalue weighted by molar-refractivity contribution is 9.10. The number of aromatic nitrogens is 2. The Hall–Kier alpha value is -2.54. The van der Waals surface area contributed by atoms with E-state index in [1.807, 2.05) is 48.7 Å². The topological polar surface area (TPSA) is 92.9 Å². The van der Waals surface area contributed by atoms with Gasteiger partial charge in [0.05, 0.1) is 22.4 Å². The van der Waals surface area contributed by atoms with Crippen LogP contribution >= 0.6 is 15.9 Å². The zero-order valence-corrected chi connectivity index (χ0v) is 18.2. The molecule has 0 spiro atoms. The first-order valence-corrected chi connectivity index (χ1v) is 10.7. The molecule has 7 heteroatoms. The van der Waals surface area contributed by atoms with Crippen molar-refractivity contribution in [1.29, 1.82) is 0 Å². The monoisotopic (exact) mass is 456 g/mol. The summed E-state index contributed by atoms with van der Waals surface area (Å²) in [6.45, 7) is 4.01. The zero-order chi connectivity index (χ0) is 20.7. The summed E-state index contributed by atoms with van der Waals surface area (Å²) in [7, 11) is 0. The molecule has 0 bridgehead atoms. The van der Waals surface area contributed by atoms with Gasteiger partial charge in [0.15, 0.2) is 0 Å². The van der Waals surface area contributed by atoms with Crippen LogP contribution in [0.3, 0.4) is 0 Å². The van der Waals surface area contributed by atoms with Crippen molar-refractivity contribution in [2.75, 3.05) is 11.1 Å². The Bertz CT molecular complexity index is 1140. The first-order chi connectivity index (χ1) is 13.8. The number of para-hydroxylation sites is 1. The number of nitrogen functional groups attached to an aromatic ring is 1. The van der Waals surface area contributed by atoms with Crippen LogP contribution in [0.5, 0.6) is 0 Å². The van der Waals surface area contributed by atoms with Crippen LogP contribution in [0.2, 0.25) is 0 Å². The highest BCUT2D eigenvalue weighted by Crippen LogP contribution is 2.35. The smallest absolute Gasteiger partial charge is 0.326 e. The number of H-pyrrole nitrogens is 1. The highest BCUT2D eigenvalue weighted by atomic mass is 79.9. The molecule has 3 aromatic rings. The van der Waals surface area contributed by atoms with Crippen molar-refractivity contribution in [2.45, 2.75) is 45.6 Å². The molecule has 1 saturated carbocycles. The molecule has 1 aromatic heterocycles. The van der Waals surface area contributed by atoms with E-state index in [2.05, 4.69) is 26.2 Å². The molecular formula is C22H25BrN4O2. The average Bonchev–Trinajstić information content (AvgIpc) is 3.03. The summed E-state index contributed by atoms with van der Waals surface area (Å²) >= 11 is 3.50. The summed E-state index contributed by atoms with van der Waals surface area (Å²) in [5, 5.41) is 3.00. The van der Waals surface area contributed by atoms with Gasteiger partial charge in [-0.25, -0.2) is 4.79 Å². The second kappa shape index (κ2) is 7.71. The van der Waals surface area contributed by atoms with Crippen molar-refractivity contribution in [3.8, 4) is 0 Å². The predicted octanol–water partition coefficient (Wildman–Crippen LogP) is 4.66. The minimum Gasteiger partial charge on any atom is -0.397 e. The van der Waals surface area contributed by atoms with Gasteiger partial charge in [0.25, 0.3) is 0 Å². The molecule has 1 fully saturated rings. The minimum atomic E-state index is -0.0947. The molecule has 29 heavy (non-hydrogen) atoms. The third-order valence-electron chi connectivity index (χ3n) is 6.06. The number of nitrogens with zero attached hydrogens (tertiary/aromatic N) is 1. The van der Waals surface area contributed by atoms with Crippen molar-refractivity contribution in [2.24, 2.45) is 5.92 Å². The fourth-order valence-corrected chi connectivity index (χ4v) is 4.71. The van der Waals surface area contributed by atoms with E-state index >= 15 is 0 Å². The van der Waals surface area contributed by atoms with Crippen molar-refractivity contribution in [1.82, 2.24) is 9.55 Å². The van der Waals surface area contributed by atoms with Crippen LogP contribution in [-0.2, 0) is 4.79 Å². The minimum absolute atomic E-state index is 0.00687. The maximum Gasteiger partial charge on any atom is 0.326 e. The molecule has 4 rings (SSSR count). The van der Waals surface area contributed by atoms with Crippen LogP contribution in [0.25, 0.3) is 11.0 Å². The number of aromatic amines is 1. The molecule has 0 atom stereocenters. The van der Waals surface area contributed by atoms with Crippen molar-refractivity contribution < 1.29 is 4.79 Å². The molecule has 2 aromatic carbocycles. The number of amides is 1. The number of aryl methyl sites for hydroxylation is 2. The van der Waals surface area contributed by atoms with Gasteiger partial charge >= 0.3 is 5.69 Å². The maximum absolute atomic E-state index is 12.8. The molecule has 152 valence electrons. The summed E-state index contributed by atoms with van der Waals surface area (Å²) in [6.07, 6.45) is 3.07. The summed E-state index contributed by atoms with van der Waals surface area (Å²) in [6, 6.07) is 9.73. The SMILES string of the molecule is Cc1cc(N)c(NC(=O)[C@H]2CC[C@@H](n3c(=O)[nH]c4c(Br)cccc43)CC2)cc1C. The Morgan fingerprint density at radius 3 is 2.59 bits per heavy atom. The lowest BCUT2D eigenvalue weighted by molar-refractivity contribution is -0.120. The Morgan fingerprint density at radius 1 is 1.17 bits per heavy atom. The second-order valence-corrected chi connectivity index (χ2v) is 8.81. The van der Waals surface area contributed by atoms with E-state index in [1.54, 1.807) is 0 Å². The summed E-state index contributed by atoms with van der Waals surface area (Å²) in [5.41, 5.74) is 11.2. The Balaban J connectivity index is 1.47. The molecule has 1 amide bonds. The molecular weight excluding hydrogens is 432 g/mol. The van der Waals surface area contributed by atoms with Gasteiger partial charge in [-0.2, -0.15) is 0 Å². The van der Waals surface area contributed by atoms with Gasteiger partial charge in [0.2, 0.25) is 5.91 Å². The average molecular weight is 457 g/mol. The van der Waals surface area contributed by atoms with Gasteiger partial charge in [0, 0.05) is 16.4 Å². The summed E-state index contributed by atoms with van der Waals surface area (Å²) in [4.78, 5) is 28.3. The van der Waals surface area contributed by atoms with Gasteiger partial charge in [-0.1, -0.05) is 6.07 Å². The molecule has 0 unspecified atom stereocenters. The fourth-order valence-electron chi connectivity index (χ4n) is 4.25. The lowest BCUT2D eigenvalue weighted by Gasteiger charge is -2.28. The third-order valence-corrected chi connectivity index (χ3v) is 6.72. The predicted molar refractivity (Wildman–Crippen MR) is 120 cm³/mol. The number of fused-ring (bicyclic) bond motifs is 1. The lowest BCUT2D eigenvalue weighted by Crippen LogP contribution is -2.31. The van der Waals surface area contributed by atoms with Crippen LogP contribution < -0.4 is 16.7 Å². The largest absolute Gasteiger partial charge is 0.397 e. The van der Waals surface area contributed by atoms with Gasteiger partial charge in [0.1, 0.15) is 0 Å². The molecule has 4 N–H and O–H groups in total. The van der Waals surface area contributed by atoms with Gasteiger partial charge in [-0.3, -0.25) is 9.36 Å². The van der Waals surface area contributed by atoms with E-state index < -0.39 is 0 Å². The Kier molecular flexibility index (Phi) is 5.25. The van der Waals surface area contributed by atoms with Crippen molar-refractivity contribution in [3.05, 3.63) is 56.4 Å². The van der Waals surface area contributed by atoms with E-state index in [0.29, 0.717) is 11.4 Å². The first kappa shape index (κ1) is 19.8. The molecule has 1 aliphatic carbocycles. The number of hydrogen-bond donors (Lipinski definition) is 3. The maximum atomic E-state index is 12.8. The fraction of sp³-hybridized carbons (Fsp3) is 0.364. The van der Waals surface area contributed by atoms with Crippen LogP contribution in [0.4, 0.5) is 11.4 Å². The number of rotatable bonds is 3. The number of halogens is 1. The quantitative estimate of drug-likeness (QED) is 0.500. The van der Waals surface area contributed by atoms with Crippen molar-refractivity contribution >= 4 is 44.2 Å². The standard InChI is InChI=1S/C22H25BrN4O2/c1-12-10-17(24)18(11-13(12)2)25-21(28)14-6-8-15(9-7-14)27-19-5-3-4-16(23)20(19)26-22(27)29/h3-5,10-11,14-15H,6-9,24H2,1-2H3,(H,25,28)(H,26,29)/t14-,15+. The molecule has 0 aliphatic heterocycles. The van der Waals surface area contributed by atoms with E-state index in [-0.39, 0.29) is 23.6 Å². The molecule has 6 nitrogen and oxygen atoms in total. The van der Waals surface area contributed by atoms with Crippen LogP contribution in [0, 0.1) is 19.8 Å². The number of benzene rings is 2. The van der Waals surface area contributed by atoms with Gasteiger partial charge in [-0.15, -0.1) is 0 Å². The third kappa shape index (κ3) is 3.71. The number of imidazole rings is 1. The Morgan fingerprint density at radius 2 is 1.86 bits per heavy atom. The van der Waals surface area contributed by atoms with E-state index in [4.69, 9.17) is 5.73 Å². The molecule has 1 heterocycles. The summed E-state index contributed by atoms with van der Waals surface area (Å²) < 4.78 is 2.72. The van der Waals surface area contributed by atoms with Gasteiger partial charge < -0.3 is 16.0 Å². The lowest BCUT2D eigenvalue weighted by atomic mass is 9.85. The normalized spacial score (nSPS) is 19.4. The van der Waals surface area contributed by atoms with Crippen LogP contribution in [0.15, 0.2) is 39.6 Å². The highest BCUT2D eigenvalue weighted by Gasteiger charge is 2.29. The number of anilines is 2. The van der Waals surface area contributed by atoms with E-state index in [0.717, 1.165) is 52.3 Å². The van der Waals surface area contributed by atoms with E-state index in [9.17, 15) is 9.59 Å². The summed E-state index contributed by atoms with van der Waals surface area (Å²) in [5.74, 6) is -0.0627. The molecule has 1 aliphatic rings.